The summed E-state index contributed by atoms with van der Waals surface area (Å²) in [5, 5.41) is 12.2. The van der Waals surface area contributed by atoms with Crippen molar-refractivity contribution >= 4 is 62.7 Å². The molecule has 1 N–H and O–H groups in total. The smallest absolute Gasteiger partial charge is 0.433 e. The van der Waals surface area contributed by atoms with E-state index in [4.69, 9.17) is 16.3 Å². The van der Waals surface area contributed by atoms with E-state index in [9.17, 15) is 37.5 Å². The van der Waals surface area contributed by atoms with Crippen LogP contribution in [0.3, 0.4) is 0 Å². The Balaban J connectivity index is 1.34. The van der Waals surface area contributed by atoms with Crippen molar-refractivity contribution in [3.05, 3.63) is 87.0 Å². The molecule has 10 nitrogen and oxygen atoms in total. The number of rotatable bonds is 5. The van der Waals surface area contributed by atoms with E-state index in [1.165, 1.54) is 19.1 Å². The van der Waals surface area contributed by atoms with Gasteiger partial charge in [0.25, 0.3) is 11.8 Å². The lowest BCUT2D eigenvalue weighted by Gasteiger charge is -2.49. The third kappa shape index (κ3) is 4.85. The van der Waals surface area contributed by atoms with Crippen LogP contribution in [0.15, 0.2) is 70.7 Å². The van der Waals surface area contributed by atoms with Crippen molar-refractivity contribution in [2.45, 2.75) is 31.9 Å². The first-order valence-corrected chi connectivity index (χ1v) is 16.8. The number of imide groups is 2. The number of amides is 4. The molecule has 1 aromatic heterocycles. The molecule has 2 saturated heterocycles. The van der Waals surface area contributed by atoms with Gasteiger partial charge in [0.15, 0.2) is 17.3 Å². The number of allylic oxidation sites excluding steroid dienone is 2. The van der Waals surface area contributed by atoms with Gasteiger partial charge in [0.05, 0.1) is 45.5 Å². The third-order valence-electron chi connectivity index (χ3n) is 10.6. The number of pyridine rings is 1. The SMILES string of the molecule is COc1cc(C2C3=CCC4C(=O)N(N(C)c5nc(C(F)(F)F)ccc5Cl)C(=O)C4C3CC3C(=O)N(c4ccccc4)C(=O)C32C)cc(Br)c1O. The number of hydrogen-bond donors (Lipinski definition) is 1. The number of hydrazine groups is 1. The van der Waals surface area contributed by atoms with Crippen molar-refractivity contribution in [2.24, 2.45) is 29.1 Å². The quantitative estimate of drug-likeness (QED) is 0.230. The number of phenolic OH excluding ortho intramolecular Hbond substituents is 1. The number of methoxy groups -OCH3 is 1. The van der Waals surface area contributed by atoms with Crippen molar-refractivity contribution in [2.75, 3.05) is 24.1 Å². The topological polar surface area (TPSA) is 120 Å². The molecule has 260 valence electrons. The van der Waals surface area contributed by atoms with Crippen molar-refractivity contribution in [3.8, 4) is 11.5 Å². The van der Waals surface area contributed by atoms with Crippen LogP contribution in [-0.4, -0.2) is 52.9 Å². The van der Waals surface area contributed by atoms with Gasteiger partial charge in [0.2, 0.25) is 11.8 Å². The molecule has 2 aliphatic heterocycles. The number of hydrogen-bond acceptors (Lipinski definition) is 8. The minimum absolute atomic E-state index is 0.0590. The highest BCUT2D eigenvalue weighted by Gasteiger charge is 2.68. The standard InChI is InChI=1S/C35H29BrClF3N4O6/c1-34-21(31(47)43(33(34)49)17-7-5-4-6-8-17)15-20-18(27(34)16-13-22(36)28(45)24(14-16)50-3)9-10-19-26(20)32(48)44(30(19)46)42(2)29-23(37)11-12-25(41-29)35(38,39)40/h4-9,11-14,19-21,26-27,45H,10,15H2,1-3H3. The average Bonchev–Trinajstić information content (AvgIpc) is 3.45. The Morgan fingerprint density at radius 3 is 2.40 bits per heavy atom. The molecule has 7 rings (SSSR count). The van der Waals surface area contributed by atoms with Gasteiger partial charge in [0.1, 0.15) is 5.69 Å². The van der Waals surface area contributed by atoms with Crippen LogP contribution in [0.5, 0.6) is 11.5 Å². The number of halogens is 5. The maximum Gasteiger partial charge on any atom is 0.433 e. The van der Waals surface area contributed by atoms with Crippen LogP contribution in [-0.2, 0) is 25.4 Å². The molecule has 0 radical (unpaired) electrons. The lowest BCUT2D eigenvalue weighted by Crippen LogP contribution is -2.49. The highest BCUT2D eigenvalue weighted by atomic mass is 79.9. The Kier molecular flexibility index (Phi) is 8.05. The molecule has 4 amide bonds. The van der Waals surface area contributed by atoms with Crippen LogP contribution in [0, 0.1) is 29.1 Å². The Morgan fingerprint density at radius 2 is 1.74 bits per heavy atom. The van der Waals surface area contributed by atoms with Gasteiger partial charge in [-0.05, 0) is 83.6 Å². The molecule has 2 aromatic carbocycles. The second-order valence-corrected chi connectivity index (χ2v) is 14.3. The van der Waals surface area contributed by atoms with E-state index < -0.39 is 76.3 Å². The van der Waals surface area contributed by atoms with Gasteiger partial charge < -0.3 is 9.84 Å². The Labute approximate surface area is 297 Å². The number of carbonyl (C=O) groups excluding carboxylic acids is 4. The van der Waals surface area contributed by atoms with Crippen molar-refractivity contribution in [1.82, 2.24) is 9.99 Å². The first-order chi connectivity index (χ1) is 23.6. The number of aromatic nitrogens is 1. The van der Waals surface area contributed by atoms with Crippen LogP contribution in [0.1, 0.15) is 36.9 Å². The number of carbonyl (C=O) groups is 4. The van der Waals surface area contributed by atoms with Crippen LogP contribution in [0.4, 0.5) is 24.7 Å². The predicted molar refractivity (Wildman–Crippen MR) is 178 cm³/mol. The number of alkyl halides is 3. The van der Waals surface area contributed by atoms with Gasteiger partial charge in [-0.15, -0.1) is 0 Å². The Morgan fingerprint density at radius 1 is 1.04 bits per heavy atom. The van der Waals surface area contributed by atoms with Crippen molar-refractivity contribution < 1.29 is 42.2 Å². The van der Waals surface area contributed by atoms with E-state index in [-0.39, 0.29) is 33.8 Å². The van der Waals surface area contributed by atoms with E-state index in [2.05, 4.69) is 20.9 Å². The maximum absolute atomic E-state index is 14.6. The Bertz CT molecular complexity index is 2010. The van der Waals surface area contributed by atoms with E-state index in [0.717, 1.165) is 16.1 Å². The highest BCUT2D eigenvalue weighted by molar-refractivity contribution is 9.10. The zero-order chi connectivity index (χ0) is 36.0. The molecule has 0 spiro atoms. The van der Waals surface area contributed by atoms with Gasteiger partial charge in [-0.25, -0.2) is 9.88 Å². The molecule has 6 unspecified atom stereocenters. The first kappa shape index (κ1) is 34.0. The molecule has 0 bridgehead atoms. The normalized spacial score (nSPS) is 27.6. The summed E-state index contributed by atoms with van der Waals surface area (Å²) in [4.78, 5) is 62.0. The van der Waals surface area contributed by atoms with Crippen LogP contribution < -0.4 is 14.6 Å². The van der Waals surface area contributed by atoms with Crippen LogP contribution >= 0.6 is 27.5 Å². The zero-order valence-corrected chi connectivity index (χ0v) is 29.1. The molecule has 3 heterocycles. The van der Waals surface area contributed by atoms with Gasteiger partial charge >= 0.3 is 6.18 Å². The molecule has 3 fully saturated rings. The summed E-state index contributed by atoms with van der Waals surface area (Å²) in [6.07, 6.45) is -2.82. The highest BCUT2D eigenvalue weighted by Crippen LogP contribution is 2.64. The van der Waals surface area contributed by atoms with E-state index in [0.29, 0.717) is 22.9 Å². The Hall–Kier alpha value is -4.43. The van der Waals surface area contributed by atoms with Crippen molar-refractivity contribution in [3.63, 3.8) is 0 Å². The zero-order valence-electron chi connectivity index (χ0n) is 26.7. The fourth-order valence-corrected chi connectivity index (χ4v) is 9.01. The van der Waals surface area contributed by atoms with E-state index >= 15 is 0 Å². The molecular weight excluding hydrogens is 745 g/mol. The minimum atomic E-state index is -4.80. The number of fused-ring (bicyclic) bond motifs is 4. The average molecular weight is 774 g/mol. The summed E-state index contributed by atoms with van der Waals surface area (Å²) in [7, 11) is 2.62. The summed E-state index contributed by atoms with van der Waals surface area (Å²) in [6, 6.07) is 13.5. The number of aromatic hydroxyl groups is 1. The number of anilines is 2. The van der Waals surface area contributed by atoms with E-state index in [1.54, 1.807) is 49.4 Å². The molecule has 2 aliphatic carbocycles. The van der Waals surface area contributed by atoms with Crippen LogP contribution in [0.25, 0.3) is 0 Å². The first-order valence-electron chi connectivity index (χ1n) is 15.7. The van der Waals surface area contributed by atoms with E-state index in [1.807, 2.05) is 6.08 Å². The fraction of sp³-hybridized carbons (Fsp3) is 0.343. The number of nitrogens with zero attached hydrogens (tertiary/aromatic N) is 4. The lowest BCUT2D eigenvalue weighted by molar-refractivity contribution is -0.141. The summed E-state index contributed by atoms with van der Waals surface area (Å²) in [5.74, 6) is -7.02. The minimum Gasteiger partial charge on any atom is -0.503 e. The lowest BCUT2D eigenvalue weighted by atomic mass is 9.51. The van der Waals surface area contributed by atoms with Gasteiger partial charge in [-0.1, -0.05) is 41.4 Å². The second kappa shape index (κ2) is 11.8. The number of para-hydroxylation sites is 1. The molecule has 4 aliphatic rings. The molecular formula is C35H29BrClF3N4O6. The van der Waals surface area contributed by atoms with Gasteiger partial charge in [-0.2, -0.15) is 18.2 Å². The third-order valence-corrected chi connectivity index (χ3v) is 11.5. The molecule has 50 heavy (non-hydrogen) atoms. The van der Waals surface area contributed by atoms with Crippen molar-refractivity contribution in [1.29, 1.82) is 0 Å². The number of ether oxygens (including phenoxy) is 1. The second-order valence-electron chi connectivity index (χ2n) is 13.1. The largest absolute Gasteiger partial charge is 0.503 e. The molecule has 3 aromatic rings. The molecule has 15 heteroatoms. The molecule has 1 saturated carbocycles. The summed E-state index contributed by atoms with van der Waals surface area (Å²) < 4.78 is 46.4. The van der Waals surface area contributed by atoms with Crippen LogP contribution in [0.2, 0.25) is 5.02 Å². The summed E-state index contributed by atoms with van der Waals surface area (Å²) >= 11 is 9.63. The number of phenols is 1. The van der Waals surface area contributed by atoms with Gasteiger partial charge in [-0.3, -0.25) is 24.2 Å². The summed E-state index contributed by atoms with van der Waals surface area (Å²) in [6.45, 7) is 1.73. The monoisotopic (exact) mass is 772 g/mol. The summed E-state index contributed by atoms with van der Waals surface area (Å²) in [5.41, 5.74) is -0.999. The molecule has 6 atom stereocenters. The predicted octanol–water partition coefficient (Wildman–Crippen LogP) is 6.51. The fourth-order valence-electron chi connectivity index (χ4n) is 8.32. The number of benzene rings is 2. The maximum atomic E-state index is 14.6. The van der Waals surface area contributed by atoms with Gasteiger partial charge in [0, 0.05) is 13.0 Å².